The Bertz CT molecular complexity index is 177. The van der Waals surface area contributed by atoms with Crippen LogP contribution in [-0.4, -0.2) is 18.0 Å². The number of carbonyl (C=O) groups excluding carboxylic acids is 2. The van der Waals surface area contributed by atoms with Crippen molar-refractivity contribution in [3.05, 3.63) is 0 Å². The first kappa shape index (κ1) is 9.37. The number of hydrogen-bond donors (Lipinski definition) is 4. The smallest absolute Gasteiger partial charge is 0.278 e. The van der Waals surface area contributed by atoms with E-state index in [9.17, 15) is 9.59 Å². The molecule has 0 fully saturated rings. The van der Waals surface area contributed by atoms with Gasteiger partial charge in [0.25, 0.3) is 5.91 Å². The molecular weight excluding hydrogens is 150 g/mol. The largest absolute Gasteiger partial charge is 0.289 e. The summed E-state index contributed by atoms with van der Waals surface area (Å²) in [5.74, 6) is 3.83. The highest BCUT2D eigenvalue weighted by Gasteiger charge is 1.88. The molecule has 0 atom stereocenters. The second-order valence-electron chi connectivity index (χ2n) is 1.56. The van der Waals surface area contributed by atoms with Crippen LogP contribution in [0, 0.1) is 0 Å². The van der Waals surface area contributed by atoms with Crippen molar-refractivity contribution >= 4 is 18.0 Å². The minimum Gasteiger partial charge on any atom is -0.289 e. The molecule has 7 heteroatoms. The van der Waals surface area contributed by atoms with Gasteiger partial charge in [0.05, 0.1) is 0 Å². The number of nitrogens with zero attached hydrogens (tertiary/aromatic N) is 1. The van der Waals surface area contributed by atoms with Crippen molar-refractivity contribution in [3.8, 4) is 0 Å². The fraction of sp³-hybridized carbons (Fsp3) is 0.250. The molecule has 0 aromatic rings. The van der Waals surface area contributed by atoms with Crippen molar-refractivity contribution in [1.29, 1.82) is 0 Å². The van der Waals surface area contributed by atoms with E-state index in [2.05, 4.69) is 16.1 Å². The normalized spacial score (nSPS) is 9.27. The van der Waals surface area contributed by atoms with Gasteiger partial charge in [0, 0.05) is 6.92 Å². The molecule has 0 aromatic heterocycles. The quantitative estimate of drug-likeness (QED) is 0.159. The average Bonchev–Trinajstić information content (AvgIpc) is 1.97. The first-order valence-corrected chi connectivity index (χ1v) is 2.72. The van der Waals surface area contributed by atoms with Crippen molar-refractivity contribution in [2.45, 2.75) is 6.92 Å². The highest BCUT2D eigenvalue weighted by Crippen LogP contribution is 1.56. The zero-order valence-electron chi connectivity index (χ0n) is 5.92. The standard InChI is InChI=1S/C4H9N5O2/c1-3(10)8-9-6-2-4(11)7-5/h2,9H,5H2,1H3,(H,7,11)(H,8,10). The van der Waals surface area contributed by atoms with E-state index in [4.69, 9.17) is 5.84 Å². The van der Waals surface area contributed by atoms with Crippen LogP contribution in [0.2, 0.25) is 0 Å². The van der Waals surface area contributed by atoms with Crippen LogP contribution in [0.1, 0.15) is 6.92 Å². The molecule has 0 rings (SSSR count). The fourth-order valence-corrected chi connectivity index (χ4v) is 0.239. The van der Waals surface area contributed by atoms with Crippen LogP contribution in [0.4, 0.5) is 0 Å². The summed E-state index contributed by atoms with van der Waals surface area (Å²) in [5, 5.41) is 3.28. The molecule has 11 heavy (non-hydrogen) atoms. The summed E-state index contributed by atoms with van der Waals surface area (Å²) >= 11 is 0. The molecule has 0 aliphatic rings. The lowest BCUT2D eigenvalue weighted by Gasteiger charge is -1.96. The van der Waals surface area contributed by atoms with E-state index in [1.54, 1.807) is 0 Å². The first-order valence-electron chi connectivity index (χ1n) is 2.72. The summed E-state index contributed by atoms with van der Waals surface area (Å²) in [4.78, 5) is 20.5. The lowest BCUT2D eigenvalue weighted by molar-refractivity contribution is -0.120. The van der Waals surface area contributed by atoms with Crippen molar-refractivity contribution in [1.82, 2.24) is 16.4 Å². The third kappa shape index (κ3) is 6.25. The number of hydrogen-bond acceptors (Lipinski definition) is 5. The van der Waals surface area contributed by atoms with Crippen molar-refractivity contribution < 1.29 is 9.59 Å². The number of nitrogens with one attached hydrogen (secondary N) is 3. The molecule has 0 saturated heterocycles. The Morgan fingerprint density at radius 3 is 2.64 bits per heavy atom. The van der Waals surface area contributed by atoms with Crippen molar-refractivity contribution in [2.75, 3.05) is 0 Å². The molecule has 0 radical (unpaired) electrons. The molecule has 0 aliphatic heterocycles. The van der Waals surface area contributed by atoms with Crippen LogP contribution in [0.3, 0.4) is 0 Å². The van der Waals surface area contributed by atoms with Gasteiger partial charge in [0.1, 0.15) is 6.21 Å². The second kappa shape index (κ2) is 5.18. The number of amides is 2. The van der Waals surface area contributed by atoms with Crippen LogP contribution < -0.4 is 22.2 Å². The van der Waals surface area contributed by atoms with Gasteiger partial charge in [-0.15, -0.1) is 0 Å². The molecule has 7 nitrogen and oxygen atoms in total. The fourth-order valence-electron chi connectivity index (χ4n) is 0.239. The summed E-state index contributed by atoms with van der Waals surface area (Å²) < 4.78 is 0. The van der Waals surface area contributed by atoms with E-state index in [-0.39, 0.29) is 5.91 Å². The predicted octanol–water partition coefficient (Wildman–Crippen LogP) is -2.40. The summed E-state index contributed by atoms with van der Waals surface area (Å²) in [7, 11) is 0. The van der Waals surface area contributed by atoms with Crippen molar-refractivity contribution in [2.24, 2.45) is 10.9 Å². The number of rotatable bonds is 3. The van der Waals surface area contributed by atoms with Crippen LogP contribution >= 0.6 is 0 Å². The number of nitrogens with two attached hydrogens (primary N) is 1. The van der Waals surface area contributed by atoms with E-state index in [0.29, 0.717) is 0 Å². The molecule has 0 heterocycles. The lowest BCUT2D eigenvalue weighted by atomic mass is 10.7. The molecular formula is C4H9N5O2. The molecule has 5 N–H and O–H groups in total. The summed E-state index contributed by atoms with van der Waals surface area (Å²) in [6.07, 6.45) is 0.885. The summed E-state index contributed by atoms with van der Waals surface area (Å²) in [5.41, 5.74) is 6.03. The van der Waals surface area contributed by atoms with Gasteiger partial charge in [0.15, 0.2) is 0 Å². The van der Waals surface area contributed by atoms with Gasteiger partial charge < -0.3 is 0 Å². The molecule has 0 saturated carbocycles. The SMILES string of the molecule is CC(=O)NNN=CC(=O)NN. The Balaban J connectivity index is 3.45. The van der Waals surface area contributed by atoms with Gasteiger partial charge in [-0.1, -0.05) is 0 Å². The molecule has 2 amide bonds. The topological polar surface area (TPSA) is 109 Å². The van der Waals surface area contributed by atoms with Gasteiger partial charge in [0.2, 0.25) is 5.91 Å². The Labute approximate surface area is 63.0 Å². The van der Waals surface area contributed by atoms with Crippen LogP contribution in [-0.2, 0) is 9.59 Å². The van der Waals surface area contributed by atoms with Gasteiger partial charge in [-0.3, -0.25) is 20.4 Å². The number of carbonyl (C=O) groups is 2. The van der Waals surface area contributed by atoms with E-state index < -0.39 is 5.91 Å². The maximum atomic E-state index is 10.3. The summed E-state index contributed by atoms with van der Waals surface area (Å²) in [6, 6.07) is 0. The Morgan fingerprint density at radius 1 is 1.55 bits per heavy atom. The Morgan fingerprint density at radius 2 is 2.18 bits per heavy atom. The molecule has 0 spiro atoms. The number of hydrazone groups is 1. The van der Waals surface area contributed by atoms with Crippen LogP contribution in [0.15, 0.2) is 5.10 Å². The maximum Gasteiger partial charge on any atom is 0.278 e. The van der Waals surface area contributed by atoms with Gasteiger partial charge in [-0.2, -0.15) is 5.10 Å². The van der Waals surface area contributed by atoms with E-state index in [0.717, 1.165) is 6.21 Å². The third-order valence-corrected chi connectivity index (χ3v) is 0.621. The Hall–Kier alpha value is -1.63. The first-order chi connectivity index (χ1) is 5.16. The van der Waals surface area contributed by atoms with E-state index in [1.807, 2.05) is 5.43 Å². The monoisotopic (exact) mass is 159 g/mol. The number of hydrazine groups is 2. The Kier molecular flexibility index (Phi) is 4.41. The van der Waals surface area contributed by atoms with Crippen LogP contribution in [0.25, 0.3) is 0 Å². The average molecular weight is 159 g/mol. The van der Waals surface area contributed by atoms with E-state index in [1.165, 1.54) is 6.92 Å². The van der Waals surface area contributed by atoms with Crippen LogP contribution in [0.5, 0.6) is 0 Å². The maximum absolute atomic E-state index is 10.3. The highest BCUT2D eigenvalue weighted by molar-refractivity contribution is 6.25. The highest BCUT2D eigenvalue weighted by atomic mass is 16.2. The zero-order chi connectivity index (χ0) is 8.69. The molecule has 0 aliphatic carbocycles. The van der Waals surface area contributed by atoms with Gasteiger partial charge in [-0.05, 0) is 0 Å². The molecule has 0 unspecified atom stereocenters. The summed E-state index contributed by atoms with van der Waals surface area (Å²) in [6.45, 7) is 1.30. The zero-order valence-corrected chi connectivity index (χ0v) is 5.92. The third-order valence-electron chi connectivity index (χ3n) is 0.621. The van der Waals surface area contributed by atoms with Gasteiger partial charge in [-0.25, -0.2) is 11.4 Å². The lowest BCUT2D eigenvalue weighted by Crippen LogP contribution is -2.34. The molecule has 0 aromatic carbocycles. The molecule has 62 valence electrons. The second-order valence-corrected chi connectivity index (χ2v) is 1.56. The van der Waals surface area contributed by atoms with Gasteiger partial charge >= 0.3 is 0 Å². The minimum atomic E-state index is -0.567. The predicted molar refractivity (Wildman–Crippen MR) is 37.8 cm³/mol. The van der Waals surface area contributed by atoms with Crippen molar-refractivity contribution in [3.63, 3.8) is 0 Å². The van der Waals surface area contributed by atoms with E-state index >= 15 is 0 Å². The minimum absolute atomic E-state index is 0.310. The molecule has 0 bridgehead atoms.